The van der Waals surface area contributed by atoms with E-state index in [0.717, 1.165) is 5.56 Å². The fraction of sp³-hybridized carbons (Fsp3) is 0.500. The molecule has 9 atom stereocenters. The number of aliphatic hydroxyl groups is 1. The number of allylic oxidation sites excluding steroid dienone is 1. The molecule has 3 amide bonds. The van der Waals surface area contributed by atoms with Crippen molar-refractivity contribution < 1.29 is 33.8 Å². The van der Waals surface area contributed by atoms with Gasteiger partial charge in [-0.3, -0.25) is 19.2 Å². The Morgan fingerprint density at radius 1 is 1.13 bits per heavy atom. The third kappa shape index (κ3) is 6.97. The molecular weight excluding hydrogens is 750 g/mol. The maximum absolute atomic E-state index is 15.1. The van der Waals surface area contributed by atoms with E-state index in [0.29, 0.717) is 22.7 Å². The van der Waals surface area contributed by atoms with Crippen LogP contribution in [0.5, 0.6) is 0 Å². The normalized spacial score (nSPS) is 26.4. The van der Waals surface area contributed by atoms with Crippen LogP contribution in [0.1, 0.15) is 57.3 Å². The van der Waals surface area contributed by atoms with Gasteiger partial charge in [0.25, 0.3) is 5.91 Å². The number of para-hydroxylation sites is 1. The number of carbonyl (C=O) groups is 4. The van der Waals surface area contributed by atoms with E-state index in [-0.39, 0.29) is 36.0 Å². The van der Waals surface area contributed by atoms with E-state index in [1.807, 2.05) is 64.1 Å². The second-order valence-corrected chi connectivity index (χ2v) is 16.0. The van der Waals surface area contributed by atoms with Gasteiger partial charge in [-0.1, -0.05) is 96.0 Å². The number of alkyl halides is 1. The van der Waals surface area contributed by atoms with E-state index in [1.54, 1.807) is 36.2 Å². The van der Waals surface area contributed by atoms with Gasteiger partial charge >= 0.3 is 5.97 Å². The third-order valence-electron chi connectivity index (χ3n) is 11.0. The first kappa shape index (κ1) is 39.7. The molecule has 1 spiro atoms. The molecule has 12 heteroatoms. The number of anilines is 1. The molecule has 3 aliphatic rings. The van der Waals surface area contributed by atoms with Crippen LogP contribution in [-0.2, 0) is 28.7 Å². The molecule has 3 heterocycles. The lowest BCUT2D eigenvalue weighted by Crippen LogP contribution is -2.60. The smallest absolute Gasteiger partial charge is 0.313 e. The van der Waals surface area contributed by atoms with Crippen molar-refractivity contribution in [3.05, 3.63) is 90.0 Å². The van der Waals surface area contributed by atoms with Crippen molar-refractivity contribution in [2.24, 2.45) is 17.8 Å². The van der Waals surface area contributed by atoms with E-state index < -0.39 is 72.2 Å². The summed E-state index contributed by atoms with van der Waals surface area (Å²) in [6, 6.07) is 12.0. The average molecular weight is 799 g/mol. The Morgan fingerprint density at radius 2 is 1.83 bits per heavy atom. The average Bonchev–Trinajstić information content (AvgIpc) is 3.71. The summed E-state index contributed by atoms with van der Waals surface area (Å²) in [7, 11) is 1.68. The van der Waals surface area contributed by atoms with Gasteiger partial charge in [0.15, 0.2) is 0 Å². The standard InChI is InChI=1S/C40H49BrClN3O7/c1-8-10-19-30(47)43(7)25(6)34(26-16-12-11-13-17-26)51-39(50)31-32-37(48)45(29(22-46)23(3)4)36(40(32)21-27(41)35(31)52-40)38(49)44(20-9-2)33-24(5)15-14-18-28(33)42/h8-9,11-18,23,25,27,29,31-32,34-36,46H,1-2,10,19-22H2,3-7H3/t25-,27?,29-,31+,32-,34+,35+,36+,40-/m0/s1. The summed E-state index contributed by atoms with van der Waals surface area (Å²) in [6.07, 6.45) is 2.65. The van der Waals surface area contributed by atoms with Gasteiger partial charge in [-0.25, -0.2) is 0 Å². The molecular formula is C40H49BrClN3O7. The summed E-state index contributed by atoms with van der Waals surface area (Å²) in [5.74, 6) is -4.08. The molecule has 0 aromatic heterocycles. The van der Waals surface area contributed by atoms with E-state index in [9.17, 15) is 19.5 Å². The number of amides is 3. The zero-order chi connectivity index (χ0) is 38.1. The van der Waals surface area contributed by atoms with Crippen LogP contribution in [0.2, 0.25) is 5.02 Å². The SMILES string of the molecule is C=CCCC(=O)N(C)[C@@H](C)[C@@H](OC(=O)[C@H]1[C@@H]2O[C@@]3(CC2Br)[C@@H]1C(=O)N([C@@H](CO)C(C)C)[C@@H]3C(=O)N(CC=C)c1c(C)cccc1Cl)c1ccccc1. The van der Waals surface area contributed by atoms with Crippen LogP contribution >= 0.6 is 27.5 Å². The van der Waals surface area contributed by atoms with Crippen LogP contribution < -0.4 is 4.90 Å². The Kier molecular flexibility index (Phi) is 12.4. The van der Waals surface area contributed by atoms with Crippen LogP contribution in [-0.4, -0.2) is 93.5 Å². The molecule has 280 valence electrons. The van der Waals surface area contributed by atoms with Crippen LogP contribution in [0.25, 0.3) is 0 Å². The summed E-state index contributed by atoms with van der Waals surface area (Å²) >= 11 is 10.4. The number of esters is 1. The van der Waals surface area contributed by atoms with Gasteiger partial charge in [0.05, 0.1) is 47.3 Å². The summed E-state index contributed by atoms with van der Waals surface area (Å²) in [6.45, 7) is 14.7. The fourth-order valence-corrected chi connectivity index (χ4v) is 9.52. The number of benzene rings is 2. The fourth-order valence-electron chi connectivity index (χ4n) is 8.25. The summed E-state index contributed by atoms with van der Waals surface area (Å²) < 4.78 is 13.1. The van der Waals surface area contributed by atoms with Crippen molar-refractivity contribution in [1.82, 2.24) is 9.80 Å². The summed E-state index contributed by atoms with van der Waals surface area (Å²) in [4.78, 5) is 61.8. The largest absolute Gasteiger partial charge is 0.455 e. The maximum atomic E-state index is 15.1. The molecule has 0 aliphatic carbocycles. The number of hydrogen-bond donors (Lipinski definition) is 1. The second kappa shape index (κ2) is 16.2. The summed E-state index contributed by atoms with van der Waals surface area (Å²) in [5, 5.41) is 11.1. The van der Waals surface area contributed by atoms with Crippen molar-refractivity contribution in [3.8, 4) is 0 Å². The molecule has 52 heavy (non-hydrogen) atoms. The first-order chi connectivity index (χ1) is 24.7. The number of aliphatic hydroxyl groups excluding tert-OH is 1. The lowest BCUT2D eigenvalue weighted by atomic mass is 9.70. The predicted octanol–water partition coefficient (Wildman–Crippen LogP) is 6.03. The van der Waals surface area contributed by atoms with Crippen molar-refractivity contribution >= 4 is 56.9 Å². The first-order valence-electron chi connectivity index (χ1n) is 17.8. The van der Waals surface area contributed by atoms with Crippen LogP contribution in [0.15, 0.2) is 73.8 Å². The van der Waals surface area contributed by atoms with Gasteiger partial charge < -0.3 is 29.3 Å². The predicted molar refractivity (Wildman–Crippen MR) is 204 cm³/mol. The zero-order valence-electron chi connectivity index (χ0n) is 30.4. The van der Waals surface area contributed by atoms with E-state index in [2.05, 4.69) is 29.1 Å². The quantitative estimate of drug-likeness (QED) is 0.133. The monoisotopic (exact) mass is 797 g/mol. The van der Waals surface area contributed by atoms with E-state index in [1.165, 1.54) is 9.80 Å². The maximum Gasteiger partial charge on any atom is 0.313 e. The Bertz CT molecular complexity index is 1670. The minimum atomic E-state index is -1.42. The lowest BCUT2D eigenvalue weighted by Gasteiger charge is -2.40. The Balaban J connectivity index is 1.58. The van der Waals surface area contributed by atoms with Crippen molar-refractivity contribution in [2.45, 2.75) is 87.7 Å². The van der Waals surface area contributed by atoms with Crippen molar-refractivity contribution in [2.75, 3.05) is 25.1 Å². The number of ether oxygens (including phenoxy) is 2. The number of nitrogens with zero attached hydrogens (tertiary/aromatic N) is 3. The highest BCUT2D eigenvalue weighted by Gasteiger charge is 2.78. The van der Waals surface area contributed by atoms with Gasteiger partial charge in [-0.15, -0.1) is 13.2 Å². The van der Waals surface area contributed by atoms with Gasteiger partial charge in [0.1, 0.15) is 17.7 Å². The van der Waals surface area contributed by atoms with E-state index >= 15 is 4.79 Å². The molecule has 1 N–H and O–H groups in total. The highest BCUT2D eigenvalue weighted by molar-refractivity contribution is 9.09. The Labute approximate surface area is 319 Å². The van der Waals surface area contributed by atoms with Gasteiger partial charge in [0, 0.05) is 24.8 Å². The molecule has 0 saturated carbocycles. The van der Waals surface area contributed by atoms with Crippen molar-refractivity contribution in [1.29, 1.82) is 0 Å². The first-order valence-corrected chi connectivity index (χ1v) is 19.1. The minimum absolute atomic E-state index is 0.0937. The Hall–Kier alpha value is -3.51. The lowest BCUT2D eigenvalue weighted by molar-refractivity contribution is -0.165. The molecule has 1 unspecified atom stereocenters. The molecule has 2 bridgehead atoms. The number of likely N-dealkylation sites (tertiary alicyclic amines) is 1. The number of likely N-dealkylation sites (N-methyl/N-ethyl adjacent to an activating group) is 1. The molecule has 10 nitrogen and oxygen atoms in total. The summed E-state index contributed by atoms with van der Waals surface area (Å²) in [5.41, 5.74) is 0.500. The van der Waals surface area contributed by atoms with Gasteiger partial charge in [-0.05, 0) is 49.8 Å². The molecule has 2 aromatic rings. The Morgan fingerprint density at radius 3 is 2.42 bits per heavy atom. The molecule has 0 radical (unpaired) electrons. The minimum Gasteiger partial charge on any atom is -0.455 e. The molecule has 5 rings (SSSR count). The molecule has 3 saturated heterocycles. The van der Waals surface area contributed by atoms with E-state index in [4.69, 9.17) is 21.1 Å². The number of aryl methyl sites for hydroxylation is 1. The number of carbonyl (C=O) groups excluding carboxylic acids is 4. The second-order valence-electron chi connectivity index (χ2n) is 14.4. The number of hydrogen-bond acceptors (Lipinski definition) is 7. The molecule has 2 aromatic carbocycles. The molecule has 3 aliphatic heterocycles. The topological polar surface area (TPSA) is 117 Å². The number of fused-ring (bicyclic) bond motifs is 1. The third-order valence-corrected chi connectivity index (χ3v) is 12.1. The zero-order valence-corrected chi connectivity index (χ0v) is 32.8. The van der Waals surface area contributed by atoms with Crippen LogP contribution in [0, 0.1) is 24.7 Å². The van der Waals surface area contributed by atoms with Gasteiger partial charge in [-0.2, -0.15) is 0 Å². The van der Waals surface area contributed by atoms with Crippen LogP contribution in [0.4, 0.5) is 5.69 Å². The highest BCUT2D eigenvalue weighted by atomic mass is 79.9. The van der Waals surface area contributed by atoms with Crippen LogP contribution in [0.3, 0.4) is 0 Å². The molecule has 3 fully saturated rings. The number of halogens is 2. The van der Waals surface area contributed by atoms with Gasteiger partial charge in [0.2, 0.25) is 11.8 Å². The highest BCUT2D eigenvalue weighted by Crippen LogP contribution is 2.61. The number of rotatable bonds is 15. The van der Waals surface area contributed by atoms with Crippen molar-refractivity contribution in [3.63, 3.8) is 0 Å².